The zero-order chi connectivity index (χ0) is 30.3. The van der Waals surface area contributed by atoms with Gasteiger partial charge < -0.3 is 19.6 Å². The Balaban J connectivity index is 1.50. The first-order valence-electron chi connectivity index (χ1n) is 13.1. The zero-order valence-corrected chi connectivity index (χ0v) is 23.9. The molecule has 0 aliphatic rings. The number of ether oxygens (including phenoxy) is 1. The first-order chi connectivity index (χ1) is 20.1. The average Bonchev–Trinajstić information content (AvgIpc) is 3.44. The molecule has 0 saturated heterocycles. The lowest BCUT2D eigenvalue weighted by Gasteiger charge is -2.17. The van der Waals surface area contributed by atoms with Crippen LogP contribution in [0.2, 0.25) is 0 Å². The second-order valence-corrected chi connectivity index (χ2v) is 10.7. The van der Waals surface area contributed by atoms with Gasteiger partial charge in [0.1, 0.15) is 24.2 Å². The lowest BCUT2D eigenvalue weighted by Crippen LogP contribution is -2.41. The van der Waals surface area contributed by atoms with Gasteiger partial charge in [-0.3, -0.25) is 4.79 Å². The van der Waals surface area contributed by atoms with Crippen molar-refractivity contribution in [1.82, 2.24) is 5.32 Å². The van der Waals surface area contributed by atoms with Crippen LogP contribution in [0.3, 0.4) is 0 Å². The molecule has 1 unspecified atom stereocenters. The van der Waals surface area contributed by atoms with Crippen molar-refractivity contribution in [1.29, 1.82) is 0 Å². The SMILES string of the molecule is CSCCC(NC(=O)c1ccc(COCc2ccc(-c3cccc(C(F)(F)F)c3)o2)cc1-c1ccccc1C)C(=O)O. The number of benzene rings is 3. The maximum atomic E-state index is 13.2. The van der Waals surface area contributed by atoms with Crippen LogP contribution in [0.25, 0.3) is 22.5 Å². The highest BCUT2D eigenvalue weighted by molar-refractivity contribution is 7.98. The van der Waals surface area contributed by atoms with Crippen LogP contribution in [-0.4, -0.2) is 35.0 Å². The number of thioether (sulfide) groups is 1. The highest BCUT2D eigenvalue weighted by atomic mass is 32.2. The van der Waals surface area contributed by atoms with Gasteiger partial charge in [-0.25, -0.2) is 4.79 Å². The fourth-order valence-electron chi connectivity index (χ4n) is 4.44. The van der Waals surface area contributed by atoms with Crippen LogP contribution >= 0.6 is 11.8 Å². The van der Waals surface area contributed by atoms with Gasteiger partial charge >= 0.3 is 12.1 Å². The molecule has 1 amide bonds. The summed E-state index contributed by atoms with van der Waals surface area (Å²) in [6, 6.07) is 20.0. The van der Waals surface area contributed by atoms with Crippen molar-refractivity contribution in [2.45, 2.75) is 38.8 Å². The number of carbonyl (C=O) groups is 2. The summed E-state index contributed by atoms with van der Waals surface area (Å²) >= 11 is 1.51. The molecule has 4 aromatic rings. The number of alkyl halides is 3. The number of hydrogen-bond donors (Lipinski definition) is 2. The monoisotopic (exact) mass is 597 g/mol. The molecule has 1 atom stereocenters. The number of amides is 1. The molecular weight excluding hydrogens is 567 g/mol. The fourth-order valence-corrected chi connectivity index (χ4v) is 4.91. The molecule has 0 fully saturated rings. The third kappa shape index (κ3) is 7.83. The number of carboxylic acid groups (broad SMARTS) is 1. The van der Waals surface area contributed by atoms with E-state index in [4.69, 9.17) is 9.15 Å². The predicted molar refractivity (Wildman–Crippen MR) is 156 cm³/mol. The van der Waals surface area contributed by atoms with Crippen LogP contribution in [0.5, 0.6) is 0 Å². The Labute approximate surface area is 245 Å². The molecule has 0 bridgehead atoms. The summed E-state index contributed by atoms with van der Waals surface area (Å²) in [5.74, 6) is -0.229. The third-order valence-corrected chi connectivity index (χ3v) is 7.27. The van der Waals surface area contributed by atoms with E-state index in [2.05, 4.69) is 5.32 Å². The summed E-state index contributed by atoms with van der Waals surface area (Å²) in [6.07, 6.45) is -2.27. The van der Waals surface area contributed by atoms with Crippen molar-refractivity contribution >= 4 is 23.6 Å². The Morgan fingerprint density at radius 3 is 2.48 bits per heavy atom. The molecule has 4 rings (SSSR count). The molecule has 220 valence electrons. The molecule has 42 heavy (non-hydrogen) atoms. The molecule has 0 radical (unpaired) electrons. The largest absolute Gasteiger partial charge is 0.480 e. The highest BCUT2D eigenvalue weighted by Crippen LogP contribution is 2.33. The van der Waals surface area contributed by atoms with Gasteiger partial charge in [0.25, 0.3) is 5.91 Å². The van der Waals surface area contributed by atoms with Gasteiger partial charge in [-0.2, -0.15) is 24.9 Å². The van der Waals surface area contributed by atoms with Crippen LogP contribution in [0, 0.1) is 6.92 Å². The highest BCUT2D eigenvalue weighted by Gasteiger charge is 2.30. The lowest BCUT2D eigenvalue weighted by atomic mass is 9.93. The number of carboxylic acids is 1. The van der Waals surface area contributed by atoms with E-state index in [1.54, 1.807) is 30.3 Å². The first-order valence-corrected chi connectivity index (χ1v) is 14.5. The van der Waals surface area contributed by atoms with Crippen LogP contribution in [0.15, 0.2) is 83.3 Å². The van der Waals surface area contributed by atoms with E-state index in [-0.39, 0.29) is 13.2 Å². The van der Waals surface area contributed by atoms with E-state index < -0.39 is 29.7 Å². The van der Waals surface area contributed by atoms with Crippen molar-refractivity contribution < 1.29 is 37.0 Å². The van der Waals surface area contributed by atoms with Crippen molar-refractivity contribution in [2.75, 3.05) is 12.0 Å². The van der Waals surface area contributed by atoms with E-state index in [9.17, 15) is 27.9 Å². The van der Waals surface area contributed by atoms with Gasteiger partial charge in [0.15, 0.2) is 0 Å². The van der Waals surface area contributed by atoms with E-state index in [1.165, 1.54) is 17.8 Å². The molecule has 0 aliphatic heterocycles. The Kier molecular flexibility index (Phi) is 10.1. The minimum atomic E-state index is -4.45. The van der Waals surface area contributed by atoms with Crippen molar-refractivity contribution in [3.05, 3.63) is 107 Å². The summed E-state index contributed by atoms with van der Waals surface area (Å²) < 4.78 is 50.8. The molecule has 2 N–H and O–H groups in total. The summed E-state index contributed by atoms with van der Waals surface area (Å²) in [4.78, 5) is 25.0. The molecule has 3 aromatic carbocycles. The number of rotatable bonds is 12. The summed E-state index contributed by atoms with van der Waals surface area (Å²) in [7, 11) is 0. The summed E-state index contributed by atoms with van der Waals surface area (Å²) in [5, 5.41) is 12.2. The molecule has 6 nitrogen and oxygen atoms in total. The number of aliphatic carboxylic acids is 1. The minimum Gasteiger partial charge on any atom is -0.480 e. The van der Waals surface area contributed by atoms with Gasteiger partial charge in [-0.05, 0) is 84.0 Å². The molecule has 10 heteroatoms. The van der Waals surface area contributed by atoms with E-state index >= 15 is 0 Å². The van der Waals surface area contributed by atoms with Crippen LogP contribution in [-0.2, 0) is 28.9 Å². The fraction of sp³-hybridized carbons (Fsp3) is 0.250. The normalized spacial score (nSPS) is 12.2. The molecule has 0 saturated carbocycles. The smallest absolute Gasteiger partial charge is 0.416 e. The third-order valence-electron chi connectivity index (χ3n) is 6.63. The van der Waals surface area contributed by atoms with Crippen molar-refractivity contribution in [3.63, 3.8) is 0 Å². The van der Waals surface area contributed by atoms with Crippen LogP contribution in [0.1, 0.15) is 39.2 Å². The lowest BCUT2D eigenvalue weighted by molar-refractivity contribution is -0.139. The predicted octanol–water partition coefficient (Wildman–Crippen LogP) is 7.59. The quantitative estimate of drug-likeness (QED) is 0.175. The van der Waals surface area contributed by atoms with Crippen molar-refractivity contribution in [2.24, 2.45) is 0 Å². The Morgan fingerprint density at radius 1 is 0.976 bits per heavy atom. The van der Waals surface area contributed by atoms with E-state index in [1.807, 2.05) is 43.5 Å². The van der Waals surface area contributed by atoms with E-state index in [0.717, 1.165) is 28.8 Å². The Morgan fingerprint density at radius 2 is 1.76 bits per heavy atom. The van der Waals surface area contributed by atoms with Gasteiger partial charge in [0.05, 0.1) is 12.2 Å². The minimum absolute atomic E-state index is 0.0800. The molecule has 0 spiro atoms. The number of carbonyl (C=O) groups excluding carboxylic acids is 1. The second kappa shape index (κ2) is 13.8. The summed E-state index contributed by atoms with van der Waals surface area (Å²) in [5.41, 5.74) is 3.09. The van der Waals surface area contributed by atoms with Gasteiger partial charge in [-0.15, -0.1) is 0 Å². The summed E-state index contributed by atoms with van der Waals surface area (Å²) in [6.45, 7) is 2.18. The number of hydrogen-bond acceptors (Lipinski definition) is 5. The number of halogens is 3. The average molecular weight is 598 g/mol. The molecule has 1 aromatic heterocycles. The first kappa shape index (κ1) is 30.9. The Bertz CT molecular complexity index is 1550. The number of aryl methyl sites for hydroxylation is 1. The maximum absolute atomic E-state index is 13.2. The Hall–Kier alpha value is -4.02. The van der Waals surface area contributed by atoms with Crippen molar-refractivity contribution in [3.8, 4) is 22.5 Å². The molecule has 0 aliphatic carbocycles. The number of nitrogens with one attached hydrogen (secondary N) is 1. The topological polar surface area (TPSA) is 88.8 Å². The van der Waals surface area contributed by atoms with Crippen LogP contribution in [0.4, 0.5) is 13.2 Å². The van der Waals surface area contributed by atoms with Gasteiger partial charge in [0, 0.05) is 11.1 Å². The van der Waals surface area contributed by atoms with Crippen LogP contribution < -0.4 is 5.32 Å². The molecular formula is C32H30F3NO5S. The number of furan rings is 1. The van der Waals surface area contributed by atoms with E-state index in [0.29, 0.717) is 40.4 Å². The standard InChI is InChI=1S/C32H30F3NO5S/c1-20-6-3-4-9-25(20)27-16-21(10-12-26(27)30(37)36-28(31(38)39)14-15-42-2)18-40-19-24-11-13-29(41-24)22-7-5-8-23(17-22)32(33,34)35/h3-13,16-17,28H,14-15,18-19H2,1-2H3,(H,36,37)(H,38,39). The molecule has 1 heterocycles. The van der Waals surface area contributed by atoms with Gasteiger partial charge in [-0.1, -0.05) is 42.5 Å². The van der Waals surface area contributed by atoms with Gasteiger partial charge in [0.2, 0.25) is 0 Å². The zero-order valence-electron chi connectivity index (χ0n) is 23.0. The maximum Gasteiger partial charge on any atom is 0.416 e. The second-order valence-electron chi connectivity index (χ2n) is 9.68.